The first-order chi connectivity index (χ1) is 12.7. The molecular formula is C18H21ClN2O4S2. The van der Waals surface area contributed by atoms with Crippen LogP contribution in [0.25, 0.3) is 0 Å². The first-order valence-corrected chi connectivity index (χ1v) is 11.9. The summed E-state index contributed by atoms with van der Waals surface area (Å²) in [5.41, 5.74) is 0.288. The highest BCUT2D eigenvalue weighted by molar-refractivity contribution is 7.92. The average Bonchev–Trinajstić information content (AvgIpc) is 2.62. The zero-order valence-corrected chi connectivity index (χ0v) is 17.2. The van der Waals surface area contributed by atoms with E-state index in [1.807, 2.05) is 6.92 Å². The van der Waals surface area contributed by atoms with E-state index in [0.717, 1.165) is 12.8 Å². The van der Waals surface area contributed by atoms with Gasteiger partial charge in [0.25, 0.3) is 10.0 Å². The molecule has 2 aromatic rings. The Morgan fingerprint density at radius 1 is 0.963 bits per heavy atom. The third-order valence-corrected chi connectivity index (χ3v) is 8.02. The van der Waals surface area contributed by atoms with Crippen molar-refractivity contribution >= 4 is 37.3 Å². The highest BCUT2D eigenvalue weighted by Crippen LogP contribution is 2.25. The van der Waals surface area contributed by atoms with Gasteiger partial charge in [0.15, 0.2) is 0 Å². The molecule has 1 aliphatic heterocycles. The number of hydrogen-bond donors (Lipinski definition) is 1. The van der Waals surface area contributed by atoms with Crippen LogP contribution in [0.15, 0.2) is 58.3 Å². The lowest BCUT2D eigenvalue weighted by Crippen LogP contribution is -2.39. The van der Waals surface area contributed by atoms with Crippen LogP contribution in [0.2, 0.25) is 5.02 Å². The van der Waals surface area contributed by atoms with Crippen molar-refractivity contribution in [2.75, 3.05) is 17.8 Å². The summed E-state index contributed by atoms with van der Waals surface area (Å²) in [4.78, 5) is 0.233. The molecule has 1 heterocycles. The Hall–Kier alpha value is -1.61. The van der Waals surface area contributed by atoms with Crippen LogP contribution in [-0.4, -0.2) is 34.2 Å². The van der Waals surface area contributed by atoms with Gasteiger partial charge in [-0.05, 0) is 67.3 Å². The van der Waals surface area contributed by atoms with Crippen molar-refractivity contribution in [1.29, 1.82) is 0 Å². The number of sulfonamides is 2. The van der Waals surface area contributed by atoms with E-state index in [4.69, 9.17) is 11.6 Å². The van der Waals surface area contributed by atoms with Gasteiger partial charge in [0.2, 0.25) is 10.0 Å². The van der Waals surface area contributed by atoms with Crippen LogP contribution in [-0.2, 0) is 20.0 Å². The maximum absolute atomic E-state index is 12.8. The quantitative estimate of drug-likeness (QED) is 0.789. The molecule has 3 rings (SSSR count). The van der Waals surface area contributed by atoms with E-state index in [2.05, 4.69) is 4.72 Å². The van der Waals surface area contributed by atoms with Gasteiger partial charge in [-0.3, -0.25) is 4.72 Å². The van der Waals surface area contributed by atoms with E-state index in [0.29, 0.717) is 24.0 Å². The predicted molar refractivity (Wildman–Crippen MR) is 106 cm³/mol. The van der Waals surface area contributed by atoms with E-state index in [1.165, 1.54) is 52.8 Å². The van der Waals surface area contributed by atoms with Crippen molar-refractivity contribution < 1.29 is 16.8 Å². The SMILES string of the molecule is C[C@H]1CCCN(S(=O)(=O)c2ccc(NS(=O)(=O)c3ccc(Cl)cc3)cc2)C1. The Labute approximate surface area is 165 Å². The summed E-state index contributed by atoms with van der Waals surface area (Å²) in [6.45, 7) is 3.06. The van der Waals surface area contributed by atoms with Crippen LogP contribution in [0.5, 0.6) is 0 Å². The standard InChI is InChI=1S/C18H21ClN2O4S2/c1-14-3-2-12-21(13-14)27(24,25)18-10-6-16(7-11-18)20-26(22,23)17-8-4-15(19)5-9-17/h4-11,14,20H,2-3,12-13H2,1H3/t14-/m0/s1. The molecule has 27 heavy (non-hydrogen) atoms. The topological polar surface area (TPSA) is 83.6 Å². The highest BCUT2D eigenvalue weighted by atomic mass is 35.5. The second-order valence-corrected chi connectivity index (χ2v) is 10.8. The van der Waals surface area contributed by atoms with E-state index in [-0.39, 0.29) is 15.5 Å². The van der Waals surface area contributed by atoms with Crippen molar-refractivity contribution in [3.63, 3.8) is 0 Å². The zero-order valence-electron chi connectivity index (χ0n) is 14.8. The number of halogens is 1. The second-order valence-electron chi connectivity index (χ2n) is 6.69. The van der Waals surface area contributed by atoms with E-state index < -0.39 is 20.0 Å². The molecule has 0 aliphatic carbocycles. The molecule has 6 nitrogen and oxygen atoms in total. The van der Waals surface area contributed by atoms with Crippen LogP contribution in [0, 0.1) is 5.92 Å². The summed E-state index contributed by atoms with van der Waals surface area (Å²) in [6, 6.07) is 11.5. The Kier molecular flexibility index (Phi) is 5.81. The number of rotatable bonds is 5. The van der Waals surface area contributed by atoms with Gasteiger partial charge >= 0.3 is 0 Å². The van der Waals surface area contributed by atoms with Crippen LogP contribution in [0.4, 0.5) is 5.69 Å². The number of benzene rings is 2. The maximum atomic E-state index is 12.8. The largest absolute Gasteiger partial charge is 0.280 e. The molecule has 0 aromatic heterocycles. The molecular weight excluding hydrogens is 408 g/mol. The maximum Gasteiger partial charge on any atom is 0.261 e. The molecule has 1 fully saturated rings. The molecule has 0 spiro atoms. The van der Waals surface area contributed by atoms with Crippen molar-refractivity contribution in [1.82, 2.24) is 4.31 Å². The van der Waals surface area contributed by atoms with Crippen LogP contribution in [0.3, 0.4) is 0 Å². The Morgan fingerprint density at radius 3 is 2.15 bits per heavy atom. The molecule has 1 N–H and O–H groups in total. The first-order valence-electron chi connectivity index (χ1n) is 8.57. The minimum Gasteiger partial charge on any atom is -0.280 e. The molecule has 1 atom stereocenters. The van der Waals surface area contributed by atoms with Crippen LogP contribution in [0.1, 0.15) is 19.8 Å². The molecule has 0 amide bonds. The summed E-state index contributed by atoms with van der Waals surface area (Å²) in [5, 5.41) is 0.440. The average molecular weight is 429 g/mol. The van der Waals surface area contributed by atoms with Crippen molar-refractivity contribution in [2.45, 2.75) is 29.6 Å². The molecule has 146 valence electrons. The molecule has 9 heteroatoms. The van der Waals surface area contributed by atoms with Gasteiger partial charge in [-0.2, -0.15) is 4.31 Å². The fraction of sp³-hybridized carbons (Fsp3) is 0.333. The number of anilines is 1. The number of piperidine rings is 1. The third-order valence-electron chi connectivity index (χ3n) is 4.49. The summed E-state index contributed by atoms with van der Waals surface area (Å²) in [6.07, 6.45) is 1.87. The summed E-state index contributed by atoms with van der Waals surface area (Å²) >= 11 is 5.78. The van der Waals surface area contributed by atoms with Crippen LogP contribution >= 0.6 is 11.6 Å². The van der Waals surface area contributed by atoms with Gasteiger partial charge in [0.1, 0.15) is 0 Å². The highest BCUT2D eigenvalue weighted by Gasteiger charge is 2.28. The number of hydrogen-bond acceptors (Lipinski definition) is 4. The second kappa shape index (κ2) is 7.79. The van der Waals surface area contributed by atoms with E-state index in [1.54, 1.807) is 0 Å². The first kappa shape index (κ1) is 20.1. The molecule has 0 bridgehead atoms. The zero-order chi connectivity index (χ0) is 19.7. The normalized spacial score (nSPS) is 19.0. The van der Waals surface area contributed by atoms with Gasteiger partial charge in [0.05, 0.1) is 9.79 Å². The van der Waals surface area contributed by atoms with Gasteiger partial charge < -0.3 is 0 Å². The monoisotopic (exact) mass is 428 g/mol. The van der Waals surface area contributed by atoms with E-state index in [9.17, 15) is 16.8 Å². The number of nitrogens with one attached hydrogen (secondary N) is 1. The fourth-order valence-electron chi connectivity index (χ4n) is 3.04. The number of nitrogens with zero attached hydrogens (tertiary/aromatic N) is 1. The summed E-state index contributed by atoms with van der Waals surface area (Å²) in [7, 11) is -7.35. The smallest absolute Gasteiger partial charge is 0.261 e. The minimum atomic E-state index is -3.77. The fourth-order valence-corrected chi connectivity index (χ4v) is 5.82. The molecule has 1 saturated heterocycles. The lowest BCUT2D eigenvalue weighted by Gasteiger charge is -2.30. The van der Waals surface area contributed by atoms with E-state index >= 15 is 0 Å². The Bertz CT molecular complexity index is 1000. The molecule has 1 aliphatic rings. The molecule has 0 saturated carbocycles. The van der Waals surface area contributed by atoms with Crippen molar-refractivity contribution in [3.8, 4) is 0 Å². The van der Waals surface area contributed by atoms with Gasteiger partial charge in [-0.15, -0.1) is 0 Å². The third kappa shape index (κ3) is 4.63. The van der Waals surface area contributed by atoms with Gasteiger partial charge in [-0.1, -0.05) is 18.5 Å². The summed E-state index contributed by atoms with van der Waals surface area (Å²) < 4.78 is 54.2. The Balaban J connectivity index is 1.78. The molecule has 0 unspecified atom stereocenters. The predicted octanol–water partition coefficient (Wildman–Crippen LogP) is 3.56. The summed E-state index contributed by atoms with van der Waals surface area (Å²) in [5.74, 6) is 0.332. The lowest BCUT2D eigenvalue weighted by atomic mass is 10.0. The van der Waals surface area contributed by atoms with Crippen LogP contribution < -0.4 is 4.72 Å². The van der Waals surface area contributed by atoms with Crippen molar-refractivity contribution in [3.05, 3.63) is 53.6 Å². The van der Waals surface area contributed by atoms with Gasteiger partial charge in [0, 0.05) is 23.8 Å². The minimum absolute atomic E-state index is 0.0749. The van der Waals surface area contributed by atoms with Crippen molar-refractivity contribution in [2.24, 2.45) is 5.92 Å². The lowest BCUT2D eigenvalue weighted by molar-refractivity contribution is 0.281. The molecule has 2 aromatic carbocycles. The Morgan fingerprint density at radius 2 is 1.56 bits per heavy atom. The van der Waals surface area contributed by atoms with Gasteiger partial charge in [-0.25, -0.2) is 16.8 Å². The molecule has 0 radical (unpaired) electrons.